The third-order valence-electron chi connectivity index (χ3n) is 3.05. The Labute approximate surface area is 159 Å². The molecular weight excluding hydrogens is 410 g/mol. The number of halogens is 2. The molecule has 0 bridgehead atoms. The maximum atomic E-state index is 11.8. The molecule has 0 aliphatic heterocycles. The zero-order chi connectivity index (χ0) is 18.2. The number of benzene rings is 2. The Balaban J connectivity index is 1.89. The van der Waals surface area contributed by atoms with Crippen LogP contribution in [0.1, 0.15) is 12.5 Å². The van der Waals surface area contributed by atoms with E-state index in [4.69, 9.17) is 16.3 Å². The van der Waals surface area contributed by atoms with Crippen molar-refractivity contribution in [3.05, 3.63) is 51.5 Å². The summed E-state index contributed by atoms with van der Waals surface area (Å²) < 4.78 is 6.25. The van der Waals surface area contributed by atoms with E-state index in [0.717, 1.165) is 10.2 Å². The molecule has 1 amide bonds. The van der Waals surface area contributed by atoms with E-state index in [1.807, 2.05) is 24.3 Å². The number of amides is 1. The van der Waals surface area contributed by atoms with Gasteiger partial charge in [-0.15, -0.1) is 0 Å². The summed E-state index contributed by atoms with van der Waals surface area (Å²) in [7, 11) is 0. The Morgan fingerprint density at radius 1 is 1.36 bits per heavy atom. The topological polar surface area (TPSA) is 83.0 Å². The van der Waals surface area contributed by atoms with Gasteiger partial charge in [-0.2, -0.15) is 5.10 Å². The third kappa shape index (κ3) is 5.95. The van der Waals surface area contributed by atoms with Gasteiger partial charge in [-0.3, -0.25) is 4.79 Å². The van der Waals surface area contributed by atoms with Crippen LogP contribution in [0.5, 0.6) is 11.5 Å². The molecular formula is C17H17BrClN3O3. The Hall–Kier alpha value is -2.25. The molecule has 2 rings (SSSR count). The third-order valence-corrected chi connectivity index (χ3v) is 3.87. The minimum Gasteiger partial charge on any atom is -0.503 e. The maximum Gasteiger partial charge on any atom is 0.259 e. The van der Waals surface area contributed by atoms with Gasteiger partial charge in [0.25, 0.3) is 5.91 Å². The molecule has 132 valence electrons. The first kappa shape index (κ1) is 19.1. The summed E-state index contributed by atoms with van der Waals surface area (Å²) in [4.78, 5) is 11.8. The highest BCUT2D eigenvalue weighted by molar-refractivity contribution is 9.10. The minimum absolute atomic E-state index is 0.0828. The van der Waals surface area contributed by atoms with Crippen molar-refractivity contribution in [1.82, 2.24) is 5.43 Å². The van der Waals surface area contributed by atoms with E-state index in [1.54, 1.807) is 13.0 Å². The quantitative estimate of drug-likeness (QED) is 0.465. The van der Waals surface area contributed by atoms with Gasteiger partial charge in [0, 0.05) is 10.2 Å². The van der Waals surface area contributed by atoms with E-state index in [2.05, 4.69) is 31.8 Å². The number of anilines is 1. The van der Waals surface area contributed by atoms with Crippen LogP contribution in [0.2, 0.25) is 5.02 Å². The molecule has 3 N–H and O–H groups in total. The molecule has 0 radical (unpaired) electrons. The number of rotatable bonds is 7. The van der Waals surface area contributed by atoms with Gasteiger partial charge in [-0.05, 0) is 48.9 Å². The van der Waals surface area contributed by atoms with Crippen LogP contribution >= 0.6 is 27.5 Å². The normalized spacial score (nSPS) is 10.7. The molecule has 2 aromatic carbocycles. The van der Waals surface area contributed by atoms with E-state index >= 15 is 0 Å². The number of aromatic hydroxyl groups is 1. The van der Waals surface area contributed by atoms with Crippen molar-refractivity contribution in [2.75, 3.05) is 18.5 Å². The monoisotopic (exact) mass is 425 g/mol. The predicted molar refractivity (Wildman–Crippen MR) is 103 cm³/mol. The van der Waals surface area contributed by atoms with Crippen LogP contribution in [-0.4, -0.2) is 30.4 Å². The van der Waals surface area contributed by atoms with Gasteiger partial charge >= 0.3 is 0 Å². The molecule has 0 aliphatic carbocycles. The lowest BCUT2D eigenvalue weighted by Gasteiger charge is -2.08. The molecule has 0 saturated heterocycles. The van der Waals surface area contributed by atoms with Crippen molar-refractivity contribution in [3.8, 4) is 11.5 Å². The molecule has 0 spiro atoms. The van der Waals surface area contributed by atoms with E-state index in [-0.39, 0.29) is 29.0 Å². The first-order chi connectivity index (χ1) is 12.0. The summed E-state index contributed by atoms with van der Waals surface area (Å²) in [5, 5.41) is 16.8. The fourth-order valence-corrected chi connectivity index (χ4v) is 2.39. The molecule has 0 fully saturated rings. The zero-order valence-corrected chi connectivity index (χ0v) is 15.8. The number of ether oxygens (including phenoxy) is 1. The Kier molecular flexibility index (Phi) is 7.09. The summed E-state index contributed by atoms with van der Waals surface area (Å²) in [5.74, 6) is -0.155. The van der Waals surface area contributed by atoms with Crippen molar-refractivity contribution < 1.29 is 14.6 Å². The molecule has 2 aromatic rings. The number of phenols is 1. The van der Waals surface area contributed by atoms with Crippen molar-refractivity contribution >= 4 is 45.3 Å². The number of hydrogen-bond donors (Lipinski definition) is 3. The first-order valence-electron chi connectivity index (χ1n) is 7.46. The highest BCUT2D eigenvalue weighted by Crippen LogP contribution is 2.34. The molecule has 6 nitrogen and oxygen atoms in total. The lowest BCUT2D eigenvalue weighted by atomic mass is 10.2. The van der Waals surface area contributed by atoms with Crippen LogP contribution in [0.4, 0.5) is 5.69 Å². The molecule has 25 heavy (non-hydrogen) atoms. The molecule has 0 unspecified atom stereocenters. The number of nitrogens with zero attached hydrogens (tertiary/aromatic N) is 1. The van der Waals surface area contributed by atoms with E-state index < -0.39 is 0 Å². The highest BCUT2D eigenvalue weighted by Gasteiger charge is 2.08. The molecule has 0 atom stereocenters. The average molecular weight is 427 g/mol. The highest BCUT2D eigenvalue weighted by atomic mass is 79.9. The van der Waals surface area contributed by atoms with Gasteiger partial charge in [0.15, 0.2) is 11.5 Å². The minimum atomic E-state index is -0.297. The lowest BCUT2D eigenvalue weighted by Crippen LogP contribution is -2.25. The smallest absolute Gasteiger partial charge is 0.259 e. The lowest BCUT2D eigenvalue weighted by molar-refractivity contribution is -0.119. The van der Waals surface area contributed by atoms with Crippen LogP contribution in [-0.2, 0) is 4.79 Å². The fraction of sp³-hybridized carbons (Fsp3) is 0.176. The fourth-order valence-electron chi connectivity index (χ4n) is 1.90. The van der Waals surface area contributed by atoms with Gasteiger partial charge in [0.05, 0.1) is 24.4 Å². The summed E-state index contributed by atoms with van der Waals surface area (Å²) in [6.07, 6.45) is 1.42. The Morgan fingerprint density at radius 2 is 2.08 bits per heavy atom. The van der Waals surface area contributed by atoms with E-state index in [9.17, 15) is 9.90 Å². The van der Waals surface area contributed by atoms with Crippen LogP contribution in [0.25, 0.3) is 0 Å². The van der Waals surface area contributed by atoms with E-state index in [0.29, 0.717) is 12.2 Å². The SMILES string of the molecule is CCOc1cc(/C=N\NC(=O)CNc2ccc(Br)cc2)cc(Cl)c1O. The molecule has 0 aliphatic rings. The van der Waals surface area contributed by atoms with Gasteiger partial charge in [-0.25, -0.2) is 5.43 Å². The molecule has 0 saturated carbocycles. The summed E-state index contributed by atoms with van der Waals surface area (Å²) in [6, 6.07) is 10.6. The van der Waals surface area contributed by atoms with Crippen molar-refractivity contribution in [2.24, 2.45) is 5.10 Å². The van der Waals surface area contributed by atoms with Crippen LogP contribution in [0.15, 0.2) is 46.0 Å². The van der Waals surface area contributed by atoms with Gasteiger partial charge in [0.2, 0.25) is 0 Å². The summed E-state index contributed by atoms with van der Waals surface area (Å²) >= 11 is 9.28. The molecule has 8 heteroatoms. The van der Waals surface area contributed by atoms with Crippen LogP contribution in [0, 0.1) is 0 Å². The number of nitrogens with one attached hydrogen (secondary N) is 2. The van der Waals surface area contributed by atoms with Gasteiger partial charge in [0.1, 0.15) is 0 Å². The van der Waals surface area contributed by atoms with E-state index in [1.165, 1.54) is 12.3 Å². The van der Waals surface area contributed by atoms with Crippen molar-refractivity contribution in [2.45, 2.75) is 6.92 Å². The van der Waals surface area contributed by atoms with Gasteiger partial charge < -0.3 is 15.2 Å². The van der Waals surface area contributed by atoms with Crippen molar-refractivity contribution in [3.63, 3.8) is 0 Å². The second kappa shape index (κ2) is 9.29. The number of hydrogen-bond acceptors (Lipinski definition) is 5. The number of hydrazone groups is 1. The maximum absolute atomic E-state index is 11.8. The molecule has 0 heterocycles. The Morgan fingerprint density at radius 3 is 2.76 bits per heavy atom. The largest absolute Gasteiger partial charge is 0.503 e. The number of phenolic OH excluding ortho intramolecular Hbond substituents is 1. The number of carbonyl (C=O) groups excluding carboxylic acids is 1. The molecule has 0 aromatic heterocycles. The first-order valence-corrected chi connectivity index (χ1v) is 8.63. The zero-order valence-electron chi connectivity index (χ0n) is 13.4. The van der Waals surface area contributed by atoms with Gasteiger partial charge in [-0.1, -0.05) is 27.5 Å². The predicted octanol–water partition coefficient (Wildman–Crippen LogP) is 3.77. The standard InChI is InChI=1S/C17H17BrClN3O3/c1-2-25-15-8-11(7-14(19)17(15)24)9-21-22-16(23)10-20-13-5-3-12(18)4-6-13/h3-9,20,24H,2,10H2,1H3,(H,22,23)/b21-9-. The summed E-state index contributed by atoms with van der Waals surface area (Å²) in [6.45, 7) is 2.27. The summed E-state index contributed by atoms with van der Waals surface area (Å²) in [5.41, 5.74) is 3.83. The van der Waals surface area contributed by atoms with Crippen LogP contribution < -0.4 is 15.5 Å². The second-order valence-corrected chi connectivity index (χ2v) is 6.26. The number of carbonyl (C=O) groups is 1. The van der Waals surface area contributed by atoms with Crippen LogP contribution in [0.3, 0.4) is 0 Å². The average Bonchev–Trinajstić information content (AvgIpc) is 2.59. The van der Waals surface area contributed by atoms with Crippen molar-refractivity contribution in [1.29, 1.82) is 0 Å². The Bertz CT molecular complexity index is 766. The second-order valence-electron chi connectivity index (χ2n) is 4.94.